The third-order valence-electron chi connectivity index (χ3n) is 2.60. The zero-order chi connectivity index (χ0) is 15.8. The van der Waals surface area contributed by atoms with Gasteiger partial charge >= 0.3 is 0 Å². The molecule has 114 valence electrons. The molecule has 1 rings (SSSR count). The van der Waals surface area contributed by atoms with E-state index in [9.17, 15) is 10.1 Å². The highest BCUT2D eigenvalue weighted by Gasteiger charge is 2.09. The van der Waals surface area contributed by atoms with Gasteiger partial charge in [-0.15, -0.1) is 0 Å². The number of ether oxygens (including phenoxy) is 1. The molecule has 0 aromatic heterocycles. The number of thiocarbonyl (C=S) groups is 1. The molecule has 0 aliphatic carbocycles. The minimum Gasteiger partial charge on any atom is -0.383 e. The van der Waals surface area contributed by atoms with Gasteiger partial charge in [-0.25, -0.2) is 0 Å². The largest absolute Gasteiger partial charge is 0.383 e. The van der Waals surface area contributed by atoms with E-state index in [0.29, 0.717) is 22.8 Å². The summed E-state index contributed by atoms with van der Waals surface area (Å²) in [5.41, 5.74) is 3.94. The van der Waals surface area contributed by atoms with Gasteiger partial charge in [0.05, 0.1) is 17.7 Å². The Kier molecular flexibility index (Phi) is 6.70. The van der Waals surface area contributed by atoms with Crippen molar-refractivity contribution in [1.82, 2.24) is 10.7 Å². The minimum atomic E-state index is -0.418. The van der Waals surface area contributed by atoms with E-state index < -0.39 is 4.92 Å². The average molecular weight is 310 g/mol. The number of nitro groups is 1. The molecule has 0 saturated heterocycles. The molecule has 2 N–H and O–H groups in total. The summed E-state index contributed by atoms with van der Waals surface area (Å²) in [6.07, 6.45) is 1.47. The van der Waals surface area contributed by atoms with Gasteiger partial charge in [-0.05, 0) is 26.1 Å². The molecule has 0 spiro atoms. The third kappa shape index (κ3) is 5.84. The topological polar surface area (TPSA) is 88.8 Å². The first-order chi connectivity index (χ1) is 9.93. The third-order valence-corrected chi connectivity index (χ3v) is 2.81. The monoisotopic (exact) mass is 310 g/mol. The molecular weight excluding hydrogens is 292 g/mol. The van der Waals surface area contributed by atoms with Crippen molar-refractivity contribution in [2.45, 2.75) is 19.9 Å². The summed E-state index contributed by atoms with van der Waals surface area (Å²) < 4.78 is 4.97. The second-order valence-corrected chi connectivity index (χ2v) is 4.91. The molecule has 7 nitrogen and oxygen atoms in total. The fraction of sp³-hybridized carbons (Fsp3) is 0.385. The van der Waals surface area contributed by atoms with Gasteiger partial charge in [0.15, 0.2) is 5.11 Å². The minimum absolute atomic E-state index is 0.0608. The summed E-state index contributed by atoms with van der Waals surface area (Å²) in [6, 6.07) is 4.95. The molecule has 0 unspecified atom stereocenters. The number of aryl methyl sites for hydroxylation is 1. The van der Waals surface area contributed by atoms with Gasteiger partial charge in [-0.1, -0.05) is 12.1 Å². The molecule has 1 aromatic carbocycles. The van der Waals surface area contributed by atoms with Crippen molar-refractivity contribution in [2.75, 3.05) is 13.7 Å². The zero-order valence-electron chi connectivity index (χ0n) is 12.1. The average Bonchev–Trinajstić information content (AvgIpc) is 2.40. The van der Waals surface area contributed by atoms with Crippen LogP contribution in [0.4, 0.5) is 5.69 Å². The fourth-order valence-corrected chi connectivity index (χ4v) is 1.87. The first-order valence-electron chi connectivity index (χ1n) is 6.27. The molecule has 0 amide bonds. The number of nitrogens with zero attached hydrogens (tertiary/aromatic N) is 2. The molecular formula is C13H18N4O3S. The van der Waals surface area contributed by atoms with Crippen LogP contribution in [0.15, 0.2) is 23.3 Å². The highest BCUT2D eigenvalue weighted by atomic mass is 32.1. The predicted octanol–water partition coefficient (Wildman–Crippen LogP) is 1.74. The predicted molar refractivity (Wildman–Crippen MR) is 85.6 cm³/mol. The van der Waals surface area contributed by atoms with Crippen molar-refractivity contribution in [2.24, 2.45) is 5.10 Å². The lowest BCUT2D eigenvalue weighted by Crippen LogP contribution is -2.40. The Bertz CT molecular complexity index is 548. The molecule has 0 fully saturated rings. The summed E-state index contributed by atoms with van der Waals surface area (Å²) in [4.78, 5) is 10.4. The standard InChI is InChI=1S/C13H18N4O3S/c1-9-4-5-11(6-12(9)17(18)19)7-14-16-13(21)15-10(2)8-20-3/h4-7,10H,8H2,1-3H3,(H2,15,16,21)/b14-7-/t10-/m0/s1. The lowest BCUT2D eigenvalue weighted by molar-refractivity contribution is -0.385. The van der Waals surface area contributed by atoms with Crippen LogP contribution >= 0.6 is 12.2 Å². The summed E-state index contributed by atoms with van der Waals surface area (Å²) in [6.45, 7) is 4.13. The molecule has 0 aliphatic heterocycles. The first kappa shape index (κ1) is 17.0. The SMILES string of the molecule is COC[C@H](C)NC(=S)N/N=C\c1ccc(C)c([N+](=O)[O-])c1. The molecule has 0 heterocycles. The number of hydrogen-bond donors (Lipinski definition) is 2. The van der Waals surface area contributed by atoms with Crippen LogP contribution in [0.5, 0.6) is 0 Å². The Morgan fingerprint density at radius 3 is 2.95 bits per heavy atom. The van der Waals surface area contributed by atoms with Crippen molar-refractivity contribution < 1.29 is 9.66 Å². The molecule has 21 heavy (non-hydrogen) atoms. The molecule has 0 bridgehead atoms. The van der Waals surface area contributed by atoms with E-state index in [0.717, 1.165) is 0 Å². The number of nitrogens with one attached hydrogen (secondary N) is 2. The Labute approximate surface area is 128 Å². The van der Waals surface area contributed by atoms with E-state index in [1.807, 2.05) is 6.92 Å². The second-order valence-electron chi connectivity index (χ2n) is 4.50. The van der Waals surface area contributed by atoms with Crippen LogP contribution in [-0.2, 0) is 4.74 Å². The Hall–Kier alpha value is -2.06. The van der Waals surface area contributed by atoms with Gasteiger partial charge in [0.2, 0.25) is 0 Å². The van der Waals surface area contributed by atoms with Crippen molar-refractivity contribution in [3.63, 3.8) is 0 Å². The second kappa shape index (κ2) is 8.28. The molecule has 1 atom stereocenters. The van der Waals surface area contributed by atoms with E-state index in [4.69, 9.17) is 17.0 Å². The summed E-state index contributed by atoms with van der Waals surface area (Å²) in [5, 5.41) is 18.1. The van der Waals surface area contributed by atoms with Gasteiger partial charge in [0.1, 0.15) is 0 Å². The van der Waals surface area contributed by atoms with Crippen molar-refractivity contribution in [1.29, 1.82) is 0 Å². The van der Waals surface area contributed by atoms with Crippen LogP contribution in [0, 0.1) is 17.0 Å². The number of hydrazone groups is 1. The maximum Gasteiger partial charge on any atom is 0.272 e. The number of hydrogen-bond acceptors (Lipinski definition) is 5. The van der Waals surface area contributed by atoms with Gasteiger partial charge in [0.25, 0.3) is 5.69 Å². The first-order valence-corrected chi connectivity index (χ1v) is 6.68. The van der Waals surface area contributed by atoms with Gasteiger partial charge in [0, 0.05) is 30.3 Å². The Morgan fingerprint density at radius 2 is 2.33 bits per heavy atom. The smallest absolute Gasteiger partial charge is 0.272 e. The van der Waals surface area contributed by atoms with Crippen LogP contribution in [-0.4, -0.2) is 36.0 Å². The quantitative estimate of drug-likeness (QED) is 0.360. The zero-order valence-corrected chi connectivity index (χ0v) is 12.9. The van der Waals surface area contributed by atoms with E-state index in [1.165, 1.54) is 12.3 Å². The van der Waals surface area contributed by atoms with E-state index in [-0.39, 0.29) is 11.7 Å². The lowest BCUT2D eigenvalue weighted by Gasteiger charge is -2.13. The Morgan fingerprint density at radius 1 is 1.62 bits per heavy atom. The number of methoxy groups -OCH3 is 1. The number of benzene rings is 1. The van der Waals surface area contributed by atoms with Gasteiger partial charge in [-0.2, -0.15) is 5.10 Å². The van der Waals surface area contributed by atoms with Gasteiger partial charge in [-0.3, -0.25) is 15.5 Å². The summed E-state index contributed by atoms with van der Waals surface area (Å²) in [5.74, 6) is 0. The number of rotatable bonds is 6. The fourth-order valence-electron chi connectivity index (χ4n) is 1.62. The molecule has 0 saturated carbocycles. The van der Waals surface area contributed by atoms with Gasteiger partial charge < -0.3 is 10.1 Å². The molecule has 0 aliphatic rings. The number of nitro benzene ring substituents is 1. The van der Waals surface area contributed by atoms with Crippen LogP contribution in [0.1, 0.15) is 18.1 Å². The van der Waals surface area contributed by atoms with Crippen LogP contribution in [0.2, 0.25) is 0 Å². The van der Waals surface area contributed by atoms with Crippen molar-refractivity contribution >= 4 is 29.2 Å². The van der Waals surface area contributed by atoms with E-state index in [2.05, 4.69) is 15.8 Å². The van der Waals surface area contributed by atoms with Crippen LogP contribution in [0.25, 0.3) is 0 Å². The maximum atomic E-state index is 10.8. The van der Waals surface area contributed by atoms with Crippen LogP contribution in [0.3, 0.4) is 0 Å². The van der Waals surface area contributed by atoms with Crippen LogP contribution < -0.4 is 10.7 Å². The van der Waals surface area contributed by atoms with Crippen molar-refractivity contribution in [3.8, 4) is 0 Å². The van der Waals surface area contributed by atoms with E-state index in [1.54, 1.807) is 26.2 Å². The highest BCUT2D eigenvalue weighted by Crippen LogP contribution is 2.18. The maximum absolute atomic E-state index is 10.8. The Balaban J connectivity index is 2.59. The highest BCUT2D eigenvalue weighted by molar-refractivity contribution is 7.80. The van der Waals surface area contributed by atoms with Crippen molar-refractivity contribution in [3.05, 3.63) is 39.4 Å². The summed E-state index contributed by atoms with van der Waals surface area (Å²) in [7, 11) is 1.61. The molecule has 0 radical (unpaired) electrons. The molecule has 1 aromatic rings. The normalized spacial score (nSPS) is 12.1. The molecule has 8 heteroatoms. The lowest BCUT2D eigenvalue weighted by atomic mass is 10.1. The van der Waals surface area contributed by atoms with E-state index >= 15 is 0 Å². The summed E-state index contributed by atoms with van der Waals surface area (Å²) >= 11 is 5.05.